The lowest BCUT2D eigenvalue weighted by atomic mass is 10.2. The van der Waals surface area contributed by atoms with Crippen LogP contribution in [0.5, 0.6) is 0 Å². The van der Waals surface area contributed by atoms with Gasteiger partial charge in [0.25, 0.3) is 5.91 Å². The number of anilines is 2. The number of benzene rings is 2. The number of carbonyl (C=O) groups excluding carboxylic acids is 2. The number of aromatic nitrogens is 2. The third kappa shape index (κ3) is 4.95. The molecule has 2 N–H and O–H groups in total. The molecule has 3 aromatic rings. The molecule has 3 amide bonds. The summed E-state index contributed by atoms with van der Waals surface area (Å²) in [6, 6.07) is 10.0. The standard InChI is InChI=1S/C20H16Cl2FN5O2S/c21-11-3-5-12(6-4-11)24-17(29)19-27-26-18(31-19)16-2-1-9-28(16)20(30)25-13-7-8-15(23)14(22)10-13/h3-8,10,16H,1-2,9H2,(H,24,29)(H,25,30)/t16-/m0/s1. The van der Waals surface area contributed by atoms with Gasteiger partial charge in [-0.15, -0.1) is 10.2 Å². The maximum Gasteiger partial charge on any atom is 0.322 e. The summed E-state index contributed by atoms with van der Waals surface area (Å²) in [4.78, 5) is 26.8. The summed E-state index contributed by atoms with van der Waals surface area (Å²) in [5, 5.41) is 14.8. The summed E-state index contributed by atoms with van der Waals surface area (Å²) >= 11 is 12.8. The highest BCUT2D eigenvalue weighted by Crippen LogP contribution is 2.34. The van der Waals surface area contributed by atoms with Crippen LogP contribution in [0.25, 0.3) is 0 Å². The number of amides is 3. The number of urea groups is 1. The van der Waals surface area contributed by atoms with E-state index in [1.807, 2.05) is 0 Å². The molecule has 1 aliphatic rings. The zero-order chi connectivity index (χ0) is 22.0. The first-order valence-corrected chi connectivity index (χ1v) is 10.9. The lowest BCUT2D eigenvalue weighted by molar-refractivity contribution is 0.102. The first kappa shape index (κ1) is 21.5. The van der Waals surface area contributed by atoms with E-state index in [1.165, 1.54) is 18.2 Å². The Labute approximate surface area is 191 Å². The highest BCUT2D eigenvalue weighted by molar-refractivity contribution is 7.13. The van der Waals surface area contributed by atoms with Gasteiger partial charge in [-0.05, 0) is 55.3 Å². The Balaban J connectivity index is 1.44. The minimum absolute atomic E-state index is 0.0729. The minimum Gasteiger partial charge on any atom is -0.320 e. The van der Waals surface area contributed by atoms with Crippen molar-refractivity contribution in [2.75, 3.05) is 17.2 Å². The smallest absolute Gasteiger partial charge is 0.320 e. The van der Waals surface area contributed by atoms with Crippen LogP contribution in [0.4, 0.5) is 20.6 Å². The average Bonchev–Trinajstić information content (AvgIpc) is 3.42. The molecule has 4 rings (SSSR count). The van der Waals surface area contributed by atoms with Gasteiger partial charge in [-0.25, -0.2) is 9.18 Å². The monoisotopic (exact) mass is 479 g/mol. The van der Waals surface area contributed by atoms with Gasteiger partial charge in [-0.1, -0.05) is 34.5 Å². The zero-order valence-electron chi connectivity index (χ0n) is 15.9. The van der Waals surface area contributed by atoms with Gasteiger partial charge in [-0.2, -0.15) is 0 Å². The molecule has 1 saturated heterocycles. The quantitative estimate of drug-likeness (QED) is 0.509. The largest absolute Gasteiger partial charge is 0.322 e. The van der Waals surface area contributed by atoms with Crippen molar-refractivity contribution in [3.8, 4) is 0 Å². The fraction of sp³-hybridized carbons (Fsp3) is 0.200. The first-order chi connectivity index (χ1) is 14.9. The van der Waals surface area contributed by atoms with E-state index in [0.717, 1.165) is 17.8 Å². The molecular weight excluding hydrogens is 464 g/mol. The van der Waals surface area contributed by atoms with Crippen LogP contribution in [0, 0.1) is 5.82 Å². The Morgan fingerprint density at radius 1 is 1.06 bits per heavy atom. The van der Waals surface area contributed by atoms with Crippen molar-refractivity contribution in [3.05, 3.63) is 68.3 Å². The molecule has 0 radical (unpaired) electrons. The maximum atomic E-state index is 13.3. The molecule has 2 aromatic carbocycles. The van der Waals surface area contributed by atoms with Gasteiger partial charge in [0.1, 0.15) is 10.8 Å². The van der Waals surface area contributed by atoms with Crippen molar-refractivity contribution < 1.29 is 14.0 Å². The summed E-state index contributed by atoms with van der Waals surface area (Å²) < 4.78 is 13.3. The van der Waals surface area contributed by atoms with Gasteiger partial charge < -0.3 is 15.5 Å². The molecule has 160 valence electrons. The Hall–Kier alpha value is -2.75. The molecule has 11 heteroatoms. The summed E-state index contributed by atoms with van der Waals surface area (Å²) in [5.74, 6) is -0.946. The topological polar surface area (TPSA) is 87.2 Å². The molecule has 1 aliphatic heterocycles. The summed E-state index contributed by atoms with van der Waals surface area (Å²) in [6.07, 6.45) is 1.49. The van der Waals surface area contributed by atoms with Crippen molar-refractivity contribution in [1.82, 2.24) is 15.1 Å². The molecule has 0 aliphatic carbocycles. The van der Waals surface area contributed by atoms with Crippen LogP contribution in [0.1, 0.15) is 33.7 Å². The van der Waals surface area contributed by atoms with Gasteiger partial charge in [0.15, 0.2) is 0 Å². The van der Waals surface area contributed by atoms with Gasteiger partial charge in [0.05, 0.1) is 11.1 Å². The van der Waals surface area contributed by atoms with Crippen LogP contribution < -0.4 is 10.6 Å². The van der Waals surface area contributed by atoms with E-state index in [2.05, 4.69) is 20.8 Å². The van der Waals surface area contributed by atoms with Crippen molar-refractivity contribution >= 4 is 57.9 Å². The second-order valence-corrected chi connectivity index (χ2v) is 8.67. The lowest BCUT2D eigenvalue weighted by Crippen LogP contribution is -2.34. The van der Waals surface area contributed by atoms with Crippen molar-refractivity contribution in [1.29, 1.82) is 0 Å². The van der Waals surface area contributed by atoms with E-state index in [4.69, 9.17) is 23.2 Å². The van der Waals surface area contributed by atoms with Gasteiger partial charge in [0.2, 0.25) is 5.01 Å². The number of rotatable bonds is 4. The number of nitrogens with zero attached hydrogens (tertiary/aromatic N) is 3. The van der Waals surface area contributed by atoms with Crippen molar-refractivity contribution in [2.24, 2.45) is 0 Å². The summed E-state index contributed by atoms with van der Waals surface area (Å²) in [6.45, 7) is 0.525. The third-order valence-electron chi connectivity index (χ3n) is 4.71. The highest BCUT2D eigenvalue weighted by Gasteiger charge is 2.33. The molecule has 0 spiro atoms. The fourth-order valence-electron chi connectivity index (χ4n) is 3.21. The third-order valence-corrected chi connectivity index (χ3v) is 6.27. The predicted octanol–water partition coefficient (Wildman–Crippen LogP) is 5.61. The molecule has 1 aromatic heterocycles. The number of hydrogen-bond donors (Lipinski definition) is 2. The Kier molecular flexibility index (Phi) is 6.35. The summed E-state index contributed by atoms with van der Waals surface area (Å²) in [7, 11) is 0. The predicted molar refractivity (Wildman–Crippen MR) is 118 cm³/mol. The SMILES string of the molecule is O=C(Nc1ccc(Cl)cc1)c1nnc([C@@H]2CCCN2C(=O)Nc2ccc(F)c(Cl)c2)s1. The van der Waals surface area contributed by atoms with E-state index >= 15 is 0 Å². The molecule has 0 bridgehead atoms. The van der Waals surface area contributed by atoms with E-state index in [9.17, 15) is 14.0 Å². The normalized spacial score (nSPS) is 15.7. The maximum absolute atomic E-state index is 13.3. The molecule has 31 heavy (non-hydrogen) atoms. The van der Waals surface area contributed by atoms with Crippen molar-refractivity contribution in [2.45, 2.75) is 18.9 Å². The fourth-order valence-corrected chi connectivity index (χ4v) is 4.41. The van der Waals surface area contributed by atoms with Crippen molar-refractivity contribution in [3.63, 3.8) is 0 Å². The second-order valence-electron chi connectivity index (χ2n) is 6.82. The van der Waals surface area contributed by atoms with E-state index in [0.29, 0.717) is 34.4 Å². The molecule has 0 unspecified atom stereocenters. The Morgan fingerprint density at radius 3 is 2.55 bits per heavy atom. The average molecular weight is 480 g/mol. The number of halogens is 3. The van der Waals surface area contributed by atoms with Crippen LogP contribution in [0.3, 0.4) is 0 Å². The van der Waals surface area contributed by atoms with Crippen LogP contribution in [-0.2, 0) is 0 Å². The lowest BCUT2D eigenvalue weighted by Gasteiger charge is -2.23. The molecule has 1 fully saturated rings. The number of likely N-dealkylation sites (tertiary alicyclic amines) is 1. The molecule has 1 atom stereocenters. The zero-order valence-corrected chi connectivity index (χ0v) is 18.3. The number of nitrogens with one attached hydrogen (secondary N) is 2. The van der Waals surface area contributed by atoms with Gasteiger partial charge in [0, 0.05) is 22.9 Å². The van der Waals surface area contributed by atoms with Crippen LogP contribution >= 0.6 is 34.5 Å². The van der Waals surface area contributed by atoms with Gasteiger partial charge in [-0.3, -0.25) is 4.79 Å². The molecular formula is C20H16Cl2FN5O2S. The molecule has 2 heterocycles. The van der Waals surface area contributed by atoms with Gasteiger partial charge >= 0.3 is 6.03 Å². The minimum atomic E-state index is -0.558. The summed E-state index contributed by atoms with van der Waals surface area (Å²) in [5.41, 5.74) is 0.980. The van der Waals surface area contributed by atoms with Crippen LogP contribution in [0.2, 0.25) is 10.0 Å². The molecule has 7 nitrogen and oxygen atoms in total. The number of hydrogen-bond acceptors (Lipinski definition) is 5. The van der Waals surface area contributed by atoms with Crippen LogP contribution in [0.15, 0.2) is 42.5 Å². The van der Waals surface area contributed by atoms with E-state index in [-0.39, 0.29) is 28.0 Å². The Bertz CT molecular complexity index is 1130. The number of carbonyl (C=O) groups is 2. The van der Waals surface area contributed by atoms with E-state index < -0.39 is 5.82 Å². The highest BCUT2D eigenvalue weighted by atomic mass is 35.5. The first-order valence-electron chi connectivity index (χ1n) is 9.34. The molecule has 0 saturated carbocycles. The Morgan fingerprint density at radius 2 is 1.81 bits per heavy atom. The van der Waals surface area contributed by atoms with E-state index in [1.54, 1.807) is 29.2 Å². The second kappa shape index (κ2) is 9.17. The van der Waals surface area contributed by atoms with Crippen LogP contribution in [-0.4, -0.2) is 33.6 Å².